The van der Waals surface area contributed by atoms with Crippen molar-refractivity contribution in [2.24, 2.45) is 0 Å². The van der Waals surface area contributed by atoms with E-state index in [1.54, 1.807) is 30.3 Å². The molecular formula is C15H8Cl2N2O2. The normalized spacial score (nSPS) is 15.8. The Kier molecular flexibility index (Phi) is 3.49. The van der Waals surface area contributed by atoms with Gasteiger partial charge < -0.3 is 5.32 Å². The van der Waals surface area contributed by atoms with Crippen LogP contribution in [0.3, 0.4) is 0 Å². The molecule has 1 N–H and O–H groups in total. The van der Waals surface area contributed by atoms with Gasteiger partial charge in [-0.25, -0.2) is 4.98 Å². The summed E-state index contributed by atoms with van der Waals surface area (Å²) < 4.78 is 0. The van der Waals surface area contributed by atoms with E-state index in [-0.39, 0.29) is 11.4 Å². The number of Topliss-reactive ketones (excluding diaryl/α,β-unsaturated/α-hetero) is 1. The molecule has 6 heteroatoms. The van der Waals surface area contributed by atoms with Crippen molar-refractivity contribution in [1.29, 1.82) is 0 Å². The molecule has 0 atom stereocenters. The summed E-state index contributed by atoms with van der Waals surface area (Å²) in [6.45, 7) is 0. The molecule has 4 nitrogen and oxygen atoms in total. The van der Waals surface area contributed by atoms with E-state index in [2.05, 4.69) is 10.3 Å². The van der Waals surface area contributed by atoms with Crippen molar-refractivity contribution in [3.63, 3.8) is 0 Å². The van der Waals surface area contributed by atoms with E-state index in [1.807, 2.05) is 0 Å². The molecule has 21 heavy (non-hydrogen) atoms. The molecule has 2 heterocycles. The number of ketones is 1. The quantitative estimate of drug-likeness (QED) is 0.645. The van der Waals surface area contributed by atoms with Crippen LogP contribution < -0.4 is 5.32 Å². The van der Waals surface area contributed by atoms with E-state index in [0.717, 1.165) is 0 Å². The van der Waals surface area contributed by atoms with Crippen LogP contribution in [-0.2, 0) is 4.79 Å². The lowest BCUT2D eigenvalue weighted by atomic mass is 9.97. The van der Waals surface area contributed by atoms with Crippen molar-refractivity contribution in [3.8, 4) is 0 Å². The van der Waals surface area contributed by atoms with Gasteiger partial charge in [0, 0.05) is 21.8 Å². The maximum Gasteiger partial charge on any atom is 0.260 e. The fourth-order valence-electron chi connectivity index (χ4n) is 2.04. The summed E-state index contributed by atoms with van der Waals surface area (Å²) in [6, 6.07) is 8.20. The third-order valence-electron chi connectivity index (χ3n) is 3.06. The van der Waals surface area contributed by atoms with Crippen molar-refractivity contribution in [3.05, 3.63) is 63.3 Å². The minimum absolute atomic E-state index is 0.0227. The van der Waals surface area contributed by atoms with Crippen molar-refractivity contribution >= 4 is 46.8 Å². The Bertz CT molecular complexity index is 780. The van der Waals surface area contributed by atoms with Gasteiger partial charge in [-0.05, 0) is 30.3 Å². The summed E-state index contributed by atoms with van der Waals surface area (Å²) in [4.78, 5) is 28.4. The SMILES string of the molecule is O=C1Nc2ncccc2C(=O)C1=Cc1c(Cl)cccc1Cl. The van der Waals surface area contributed by atoms with Crippen LogP contribution in [0.4, 0.5) is 5.82 Å². The molecule has 0 aliphatic carbocycles. The molecule has 1 aromatic heterocycles. The highest BCUT2D eigenvalue weighted by molar-refractivity contribution is 6.39. The van der Waals surface area contributed by atoms with Gasteiger partial charge in [0.05, 0.1) is 11.1 Å². The van der Waals surface area contributed by atoms with E-state index in [4.69, 9.17) is 23.2 Å². The molecule has 2 aromatic rings. The summed E-state index contributed by atoms with van der Waals surface area (Å²) in [5, 5.41) is 3.31. The zero-order valence-electron chi connectivity index (χ0n) is 10.6. The molecule has 3 rings (SSSR count). The lowest BCUT2D eigenvalue weighted by Crippen LogP contribution is -2.28. The highest BCUT2D eigenvalue weighted by Crippen LogP contribution is 2.30. The molecule has 0 spiro atoms. The first-order valence-electron chi connectivity index (χ1n) is 6.04. The number of hydrogen-bond donors (Lipinski definition) is 1. The average Bonchev–Trinajstić information content (AvgIpc) is 2.46. The predicted octanol–water partition coefficient (Wildman–Crippen LogP) is 3.61. The Labute approximate surface area is 130 Å². The highest BCUT2D eigenvalue weighted by atomic mass is 35.5. The van der Waals surface area contributed by atoms with Gasteiger partial charge >= 0.3 is 0 Å². The standard InChI is InChI=1S/C15H8Cl2N2O2/c16-11-4-1-5-12(17)9(11)7-10-13(20)8-3-2-6-18-14(8)19-15(10)21/h1-7H,(H,18,19,21). The summed E-state index contributed by atoms with van der Waals surface area (Å²) in [7, 11) is 0. The van der Waals surface area contributed by atoms with Crippen LogP contribution in [-0.4, -0.2) is 16.7 Å². The Morgan fingerprint density at radius 3 is 2.48 bits per heavy atom. The highest BCUT2D eigenvalue weighted by Gasteiger charge is 2.29. The molecule has 0 saturated heterocycles. The van der Waals surface area contributed by atoms with E-state index >= 15 is 0 Å². The van der Waals surface area contributed by atoms with Gasteiger partial charge in [-0.1, -0.05) is 29.3 Å². The number of aromatic nitrogens is 1. The first-order chi connectivity index (χ1) is 10.1. The average molecular weight is 319 g/mol. The monoisotopic (exact) mass is 318 g/mol. The van der Waals surface area contributed by atoms with Gasteiger partial charge in [0.2, 0.25) is 5.78 Å². The minimum atomic E-state index is -0.526. The second-order valence-electron chi connectivity index (χ2n) is 4.38. The number of nitrogens with zero attached hydrogens (tertiary/aromatic N) is 1. The van der Waals surface area contributed by atoms with E-state index < -0.39 is 11.7 Å². The number of nitrogens with one attached hydrogen (secondary N) is 1. The topological polar surface area (TPSA) is 59.1 Å². The number of amides is 1. The molecule has 104 valence electrons. The third-order valence-corrected chi connectivity index (χ3v) is 3.72. The molecule has 0 unspecified atom stereocenters. The number of pyridine rings is 1. The van der Waals surface area contributed by atoms with Crippen LogP contribution in [0.5, 0.6) is 0 Å². The Balaban J connectivity index is 2.13. The molecule has 0 radical (unpaired) electrons. The fourth-order valence-corrected chi connectivity index (χ4v) is 2.54. The Morgan fingerprint density at radius 1 is 1.05 bits per heavy atom. The maximum absolute atomic E-state index is 12.4. The second kappa shape index (κ2) is 5.31. The number of hydrogen-bond acceptors (Lipinski definition) is 3. The molecule has 0 saturated carbocycles. The van der Waals surface area contributed by atoms with Crippen molar-refractivity contribution in [1.82, 2.24) is 4.98 Å². The minimum Gasteiger partial charge on any atom is -0.306 e. The van der Waals surface area contributed by atoms with Gasteiger partial charge in [0.25, 0.3) is 5.91 Å². The summed E-state index contributed by atoms with van der Waals surface area (Å²) in [5.74, 6) is -0.671. The Morgan fingerprint density at radius 2 is 1.76 bits per heavy atom. The largest absolute Gasteiger partial charge is 0.306 e. The molecule has 1 aliphatic rings. The van der Waals surface area contributed by atoms with Crippen LogP contribution in [0.2, 0.25) is 10.0 Å². The number of rotatable bonds is 1. The zero-order chi connectivity index (χ0) is 15.0. The lowest BCUT2D eigenvalue weighted by Gasteiger charge is -2.17. The number of fused-ring (bicyclic) bond motifs is 1. The van der Waals surface area contributed by atoms with E-state index in [0.29, 0.717) is 21.2 Å². The summed E-state index contributed by atoms with van der Waals surface area (Å²) in [5.41, 5.74) is 0.753. The number of benzene rings is 1. The van der Waals surface area contributed by atoms with Crippen LogP contribution in [0.1, 0.15) is 15.9 Å². The van der Waals surface area contributed by atoms with Gasteiger partial charge in [-0.15, -0.1) is 0 Å². The van der Waals surface area contributed by atoms with Crippen LogP contribution >= 0.6 is 23.2 Å². The molecule has 0 bridgehead atoms. The molecular weight excluding hydrogens is 311 g/mol. The van der Waals surface area contributed by atoms with Crippen LogP contribution in [0.15, 0.2) is 42.1 Å². The fraction of sp³-hybridized carbons (Fsp3) is 0. The van der Waals surface area contributed by atoms with Gasteiger partial charge in [0.1, 0.15) is 5.82 Å². The number of anilines is 1. The van der Waals surface area contributed by atoms with Gasteiger partial charge in [-0.3, -0.25) is 9.59 Å². The van der Waals surface area contributed by atoms with E-state index in [9.17, 15) is 9.59 Å². The molecule has 1 aliphatic heterocycles. The lowest BCUT2D eigenvalue weighted by molar-refractivity contribution is -0.112. The smallest absolute Gasteiger partial charge is 0.260 e. The van der Waals surface area contributed by atoms with Crippen LogP contribution in [0.25, 0.3) is 6.08 Å². The van der Waals surface area contributed by atoms with Gasteiger partial charge in [-0.2, -0.15) is 0 Å². The maximum atomic E-state index is 12.4. The van der Waals surface area contributed by atoms with Gasteiger partial charge in [0.15, 0.2) is 0 Å². The van der Waals surface area contributed by atoms with Crippen molar-refractivity contribution in [2.45, 2.75) is 0 Å². The number of carbonyl (C=O) groups excluding carboxylic acids is 2. The van der Waals surface area contributed by atoms with Crippen molar-refractivity contribution < 1.29 is 9.59 Å². The Hall–Kier alpha value is -2.17. The first-order valence-corrected chi connectivity index (χ1v) is 6.80. The van der Waals surface area contributed by atoms with Crippen molar-refractivity contribution in [2.75, 3.05) is 5.32 Å². The van der Waals surface area contributed by atoms with Crippen LogP contribution in [0, 0.1) is 0 Å². The molecule has 0 fully saturated rings. The number of halogens is 2. The van der Waals surface area contributed by atoms with E-state index in [1.165, 1.54) is 12.3 Å². The summed E-state index contributed by atoms with van der Waals surface area (Å²) in [6.07, 6.45) is 2.91. The number of carbonyl (C=O) groups is 2. The molecule has 1 aromatic carbocycles. The third kappa shape index (κ3) is 2.44. The second-order valence-corrected chi connectivity index (χ2v) is 5.19. The summed E-state index contributed by atoms with van der Waals surface area (Å²) >= 11 is 12.1. The first kappa shape index (κ1) is 13.8. The molecule has 1 amide bonds. The zero-order valence-corrected chi connectivity index (χ0v) is 12.1. The predicted molar refractivity (Wildman–Crippen MR) is 81.6 cm³/mol.